The minimum atomic E-state index is -6.85. The first kappa shape index (κ1) is 20.6. The standard InChI is InChI=1S/C9H13F9N2S/c1-3-20(5-4-19-2)21-9(17,18)7(12,13)6(10,11)8(14,15)16/h19H,3-5H2,1-2H3. The number of hydrogen-bond donors (Lipinski definition) is 1. The number of likely N-dealkylation sites (N-methyl/N-ethyl adjacent to an activating group) is 2. The molecule has 0 rings (SSSR count). The average molecular weight is 352 g/mol. The van der Waals surface area contributed by atoms with Crippen molar-refractivity contribution in [1.29, 1.82) is 0 Å². The largest absolute Gasteiger partial charge is 0.460 e. The minimum absolute atomic E-state index is 0.0537. The molecule has 0 amide bonds. The van der Waals surface area contributed by atoms with Crippen molar-refractivity contribution in [2.75, 3.05) is 26.7 Å². The molecule has 1 N–H and O–H groups in total. The van der Waals surface area contributed by atoms with Crippen molar-refractivity contribution in [1.82, 2.24) is 9.62 Å². The van der Waals surface area contributed by atoms with Crippen LogP contribution in [0.4, 0.5) is 39.5 Å². The monoisotopic (exact) mass is 352 g/mol. The number of alkyl halides is 9. The average Bonchev–Trinajstić information content (AvgIpc) is 2.32. The first-order valence-electron chi connectivity index (χ1n) is 5.53. The Bertz CT molecular complexity index is 332. The van der Waals surface area contributed by atoms with Crippen LogP contribution in [0.5, 0.6) is 0 Å². The van der Waals surface area contributed by atoms with Crippen molar-refractivity contribution < 1.29 is 39.5 Å². The van der Waals surface area contributed by atoms with Crippen LogP contribution >= 0.6 is 11.9 Å². The van der Waals surface area contributed by atoms with Gasteiger partial charge in [-0.1, -0.05) is 6.92 Å². The molecule has 0 heterocycles. The third kappa shape index (κ3) is 4.31. The second kappa shape index (κ2) is 6.82. The SMILES string of the molecule is CCN(CCNC)SC(F)(F)C(F)(F)C(F)(F)C(F)(F)F. The molecular weight excluding hydrogens is 339 g/mol. The van der Waals surface area contributed by atoms with E-state index in [9.17, 15) is 39.5 Å². The van der Waals surface area contributed by atoms with Crippen LogP contribution in [0, 0.1) is 0 Å². The van der Waals surface area contributed by atoms with E-state index in [1.165, 1.54) is 14.0 Å². The van der Waals surface area contributed by atoms with E-state index in [0.29, 0.717) is 4.31 Å². The van der Waals surface area contributed by atoms with Crippen LogP contribution in [0.25, 0.3) is 0 Å². The van der Waals surface area contributed by atoms with Crippen LogP contribution in [-0.2, 0) is 0 Å². The molecule has 0 fully saturated rings. The van der Waals surface area contributed by atoms with Gasteiger partial charge in [-0.25, -0.2) is 4.31 Å². The molecule has 0 radical (unpaired) electrons. The molecule has 0 atom stereocenters. The highest BCUT2D eigenvalue weighted by molar-refractivity contribution is 7.98. The molecule has 128 valence electrons. The van der Waals surface area contributed by atoms with Gasteiger partial charge in [-0.2, -0.15) is 39.5 Å². The number of nitrogens with zero attached hydrogens (tertiary/aromatic N) is 1. The first-order valence-corrected chi connectivity index (χ1v) is 6.30. The van der Waals surface area contributed by atoms with Gasteiger partial charge in [-0.05, 0) is 7.05 Å². The van der Waals surface area contributed by atoms with Crippen LogP contribution in [0.2, 0.25) is 0 Å². The highest BCUT2D eigenvalue weighted by atomic mass is 32.2. The van der Waals surface area contributed by atoms with Gasteiger partial charge >= 0.3 is 23.3 Å². The minimum Gasteiger partial charge on any atom is -0.318 e. The summed E-state index contributed by atoms with van der Waals surface area (Å²) in [5, 5.41) is -3.13. The number of hydrogen-bond acceptors (Lipinski definition) is 3. The lowest BCUT2D eigenvalue weighted by atomic mass is 10.1. The Morgan fingerprint density at radius 3 is 1.71 bits per heavy atom. The fourth-order valence-electron chi connectivity index (χ4n) is 1.09. The molecule has 21 heavy (non-hydrogen) atoms. The molecule has 0 saturated heterocycles. The van der Waals surface area contributed by atoms with E-state index in [-0.39, 0.29) is 19.6 Å². The Balaban J connectivity index is 5.27. The number of nitrogens with one attached hydrogen (secondary N) is 1. The lowest BCUT2D eigenvalue weighted by Gasteiger charge is -2.35. The zero-order chi connectivity index (χ0) is 17.1. The first-order chi connectivity index (χ1) is 9.24. The quantitative estimate of drug-likeness (QED) is 0.531. The summed E-state index contributed by atoms with van der Waals surface area (Å²) in [7, 11) is 1.42. The van der Waals surface area contributed by atoms with Crippen LogP contribution < -0.4 is 5.32 Å². The topological polar surface area (TPSA) is 15.3 Å². The van der Waals surface area contributed by atoms with E-state index >= 15 is 0 Å². The summed E-state index contributed by atoms with van der Waals surface area (Å²) in [5.74, 6) is -13.4. The summed E-state index contributed by atoms with van der Waals surface area (Å²) in [6.45, 7) is 0.813. The van der Waals surface area contributed by atoms with Crippen molar-refractivity contribution >= 4 is 11.9 Å². The number of rotatable bonds is 8. The van der Waals surface area contributed by atoms with Gasteiger partial charge in [0.2, 0.25) is 0 Å². The fourth-order valence-corrected chi connectivity index (χ4v) is 1.96. The second-order valence-electron chi connectivity index (χ2n) is 3.88. The molecule has 0 aromatic rings. The van der Waals surface area contributed by atoms with Gasteiger partial charge in [-0.15, -0.1) is 0 Å². The van der Waals surface area contributed by atoms with Crippen molar-refractivity contribution in [3.05, 3.63) is 0 Å². The van der Waals surface area contributed by atoms with Gasteiger partial charge in [0.15, 0.2) is 0 Å². The van der Waals surface area contributed by atoms with Crippen molar-refractivity contribution in [2.24, 2.45) is 0 Å². The van der Waals surface area contributed by atoms with Gasteiger partial charge in [-0.3, -0.25) is 0 Å². The maximum absolute atomic E-state index is 13.3. The summed E-state index contributed by atoms with van der Waals surface area (Å²) >= 11 is -1.03. The Labute approximate surface area is 119 Å². The molecule has 12 heteroatoms. The summed E-state index contributed by atoms with van der Waals surface area (Å²) in [4.78, 5) is 0. The van der Waals surface area contributed by atoms with E-state index in [2.05, 4.69) is 5.32 Å². The summed E-state index contributed by atoms with van der Waals surface area (Å²) in [6, 6.07) is 0. The van der Waals surface area contributed by atoms with E-state index in [4.69, 9.17) is 0 Å². The molecule has 0 spiro atoms. The van der Waals surface area contributed by atoms with Crippen molar-refractivity contribution in [3.63, 3.8) is 0 Å². The Morgan fingerprint density at radius 2 is 1.38 bits per heavy atom. The lowest BCUT2D eigenvalue weighted by Crippen LogP contribution is -2.60. The lowest BCUT2D eigenvalue weighted by molar-refractivity contribution is -0.381. The van der Waals surface area contributed by atoms with Crippen LogP contribution in [0.1, 0.15) is 6.92 Å². The van der Waals surface area contributed by atoms with Crippen LogP contribution in [-0.4, -0.2) is 54.3 Å². The maximum Gasteiger partial charge on any atom is 0.460 e. The molecule has 0 unspecified atom stereocenters. The van der Waals surface area contributed by atoms with Crippen molar-refractivity contribution in [3.8, 4) is 0 Å². The van der Waals surface area contributed by atoms with Gasteiger partial charge in [0, 0.05) is 31.6 Å². The molecule has 0 aromatic heterocycles. The van der Waals surface area contributed by atoms with E-state index in [1.54, 1.807) is 0 Å². The van der Waals surface area contributed by atoms with E-state index in [0.717, 1.165) is 0 Å². The normalized spacial score (nSPS) is 14.9. The third-order valence-electron chi connectivity index (χ3n) is 2.32. The Hall–Kier alpha value is -0.360. The van der Waals surface area contributed by atoms with E-state index in [1.807, 2.05) is 0 Å². The zero-order valence-corrected chi connectivity index (χ0v) is 11.7. The van der Waals surface area contributed by atoms with Crippen LogP contribution in [0.3, 0.4) is 0 Å². The van der Waals surface area contributed by atoms with Gasteiger partial charge in [0.05, 0.1) is 0 Å². The molecule has 0 aliphatic carbocycles. The Morgan fingerprint density at radius 1 is 0.905 bits per heavy atom. The highest BCUT2D eigenvalue weighted by Gasteiger charge is 2.82. The van der Waals surface area contributed by atoms with Gasteiger partial charge < -0.3 is 5.32 Å². The smallest absolute Gasteiger partial charge is 0.318 e. The Kier molecular flexibility index (Phi) is 6.70. The molecule has 0 bridgehead atoms. The van der Waals surface area contributed by atoms with Crippen LogP contribution in [0.15, 0.2) is 0 Å². The number of halogens is 9. The summed E-state index contributed by atoms with van der Waals surface area (Å²) in [6.07, 6.45) is -6.79. The highest BCUT2D eigenvalue weighted by Crippen LogP contribution is 2.56. The third-order valence-corrected chi connectivity index (χ3v) is 3.51. The predicted octanol–water partition coefficient (Wildman–Crippen LogP) is 3.60. The summed E-state index contributed by atoms with van der Waals surface area (Å²) in [5.41, 5.74) is 0. The van der Waals surface area contributed by atoms with Crippen molar-refractivity contribution in [2.45, 2.75) is 30.2 Å². The van der Waals surface area contributed by atoms with E-state index < -0.39 is 35.2 Å². The molecule has 0 saturated carbocycles. The fraction of sp³-hybridized carbons (Fsp3) is 1.00. The molecule has 0 aromatic carbocycles. The molecule has 0 aliphatic heterocycles. The molecule has 2 nitrogen and oxygen atoms in total. The summed E-state index contributed by atoms with van der Waals surface area (Å²) < 4.78 is 114. The molecule has 0 aliphatic rings. The van der Waals surface area contributed by atoms with Gasteiger partial charge in [0.1, 0.15) is 0 Å². The zero-order valence-electron chi connectivity index (χ0n) is 10.9. The molecular formula is C9H13F9N2S. The second-order valence-corrected chi connectivity index (χ2v) is 5.09. The van der Waals surface area contributed by atoms with Gasteiger partial charge in [0.25, 0.3) is 0 Å². The predicted molar refractivity (Wildman–Crippen MR) is 59.7 cm³/mol. The maximum atomic E-state index is 13.3.